The molecule has 1 aromatic carbocycles. The van der Waals surface area contributed by atoms with Gasteiger partial charge in [-0.25, -0.2) is 0 Å². The summed E-state index contributed by atoms with van der Waals surface area (Å²) in [5.74, 6) is 0.181. The largest absolute Gasteiger partial charge is 0.325 e. The zero-order valence-corrected chi connectivity index (χ0v) is 11.6. The Bertz CT molecular complexity index is 534. The van der Waals surface area contributed by atoms with Crippen LogP contribution in [0.5, 0.6) is 0 Å². The lowest BCUT2D eigenvalue weighted by atomic mass is 10.0. The minimum atomic E-state index is -0.411. The van der Waals surface area contributed by atoms with Gasteiger partial charge in [0.05, 0.1) is 27.3 Å². The summed E-state index contributed by atoms with van der Waals surface area (Å²) in [6, 6.07) is 6.59. The van der Waals surface area contributed by atoms with Gasteiger partial charge in [0.15, 0.2) is 0 Å². The van der Waals surface area contributed by atoms with Gasteiger partial charge in [0.2, 0.25) is 5.91 Å². The summed E-state index contributed by atoms with van der Waals surface area (Å²) < 4.78 is 0.117. The monoisotopic (exact) mass is 296 g/mol. The molecule has 3 unspecified atom stereocenters. The number of hydrogen-bond donors (Lipinski definition) is 1. The number of non-ortho nitro benzene ring substituents is 1. The fourth-order valence-corrected chi connectivity index (χ4v) is 4.54. The Labute approximate surface area is 119 Å². The molecule has 3 atom stereocenters. The standard InChI is InChI=1S/C12H12N2O3S2/c15-10-6-11-13(10)9(12(18)19-11)5-7-1-3-8(4-2-7)14(16)17/h1-4,9,11-12,18H,5-6H2. The highest BCUT2D eigenvalue weighted by atomic mass is 32.2. The second-order valence-electron chi connectivity index (χ2n) is 4.68. The predicted octanol–water partition coefficient (Wildman–Crippen LogP) is 2.07. The average molecular weight is 296 g/mol. The molecule has 0 radical (unpaired) electrons. The van der Waals surface area contributed by atoms with Gasteiger partial charge >= 0.3 is 0 Å². The Morgan fingerprint density at radius 1 is 1.42 bits per heavy atom. The van der Waals surface area contributed by atoms with Crippen molar-refractivity contribution in [2.24, 2.45) is 0 Å². The van der Waals surface area contributed by atoms with E-state index in [0.717, 1.165) is 5.56 Å². The van der Waals surface area contributed by atoms with Crippen LogP contribution >= 0.6 is 24.4 Å². The van der Waals surface area contributed by atoms with E-state index in [-0.39, 0.29) is 27.6 Å². The molecular formula is C12H12N2O3S2. The molecule has 2 aliphatic heterocycles. The highest BCUT2D eigenvalue weighted by Crippen LogP contribution is 2.46. The molecule has 1 amide bonds. The minimum absolute atomic E-state index is 0.0843. The summed E-state index contributed by atoms with van der Waals surface area (Å²) in [5.41, 5.74) is 1.08. The maximum absolute atomic E-state index is 11.6. The number of rotatable bonds is 3. The predicted molar refractivity (Wildman–Crippen MR) is 76.2 cm³/mol. The number of carbonyl (C=O) groups is 1. The zero-order chi connectivity index (χ0) is 13.6. The van der Waals surface area contributed by atoms with Gasteiger partial charge in [0, 0.05) is 12.1 Å². The lowest BCUT2D eigenvalue weighted by Gasteiger charge is -2.37. The summed E-state index contributed by atoms with van der Waals surface area (Å²) in [6.07, 6.45) is 1.31. The van der Waals surface area contributed by atoms with Gasteiger partial charge in [-0.15, -0.1) is 11.8 Å². The zero-order valence-electron chi connectivity index (χ0n) is 9.93. The van der Waals surface area contributed by atoms with Crippen LogP contribution < -0.4 is 0 Å². The van der Waals surface area contributed by atoms with Crippen molar-refractivity contribution in [3.8, 4) is 0 Å². The van der Waals surface area contributed by atoms with Crippen LogP contribution in [0.3, 0.4) is 0 Å². The van der Waals surface area contributed by atoms with Crippen LogP contribution in [0.25, 0.3) is 0 Å². The Kier molecular flexibility index (Phi) is 3.18. The maximum Gasteiger partial charge on any atom is 0.269 e. The van der Waals surface area contributed by atoms with Crippen molar-refractivity contribution in [1.29, 1.82) is 0 Å². The van der Waals surface area contributed by atoms with Gasteiger partial charge in [-0.2, -0.15) is 12.6 Å². The molecule has 3 rings (SSSR count). The summed E-state index contributed by atoms with van der Waals surface area (Å²) in [5, 5.41) is 10.9. The molecule has 0 bridgehead atoms. The van der Waals surface area contributed by atoms with E-state index in [1.54, 1.807) is 23.9 Å². The molecule has 2 aliphatic rings. The number of benzene rings is 1. The maximum atomic E-state index is 11.6. The van der Waals surface area contributed by atoms with Crippen LogP contribution in [-0.4, -0.2) is 31.7 Å². The van der Waals surface area contributed by atoms with Gasteiger partial charge in [-0.3, -0.25) is 14.9 Å². The van der Waals surface area contributed by atoms with Crippen molar-refractivity contribution in [2.45, 2.75) is 28.8 Å². The first-order chi connectivity index (χ1) is 9.06. The summed E-state index contributed by atoms with van der Waals surface area (Å²) in [7, 11) is 0. The highest BCUT2D eigenvalue weighted by molar-refractivity contribution is 8.11. The third-order valence-corrected chi connectivity index (χ3v) is 5.53. The molecule has 19 heavy (non-hydrogen) atoms. The number of thiol groups is 1. The van der Waals surface area contributed by atoms with Crippen LogP contribution in [-0.2, 0) is 11.2 Å². The number of carbonyl (C=O) groups excluding carboxylic acids is 1. The summed E-state index contributed by atoms with van der Waals surface area (Å²) >= 11 is 6.25. The topological polar surface area (TPSA) is 63.4 Å². The van der Waals surface area contributed by atoms with Crippen molar-refractivity contribution < 1.29 is 9.72 Å². The van der Waals surface area contributed by atoms with E-state index >= 15 is 0 Å². The Morgan fingerprint density at radius 3 is 2.68 bits per heavy atom. The van der Waals surface area contributed by atoms with Crippen molar-refractivity contribution in [3.63, 3.8) is 0 Å². The summed E-state index contributed by atoms with van der Waals surface area (Å²) in [4.78, 5) is 23.7. The molecule has 2 saturated heterocycles. The number of nitro benzene ring substituents is 1. The lowest BCUT2D eigenvalue weighted by Crippen LogP contribution is -2.52. The molecule has 100 valence electrons. The first kappa shape index (κ1) is 12.8. The van der Waals surface area contributed by atoms with E-state index in [1.165, 1.54) is 12.1 Å². The molecule has 0 saturated carbocycles. The normalized spacial score (nSPS) is 29.0. The number of β-lactam (4-membered cyclic amide) rings is 1. The number of thioether (sulfide) groups is 1. The third-order valence-electron chi connectivity index (χ3n) is 3.52. The molecule has 0 aromatic heterocycles. The van der Waals surface area contributed by atoms with Gasteiger partial charge in [0.25, 0.3) is 5.69 Å². The quantitative estimate of drug-likeness (QED) is 0.401. The van der Waals surface area contributed by atoms with E-state index < -0.39 is 4.92 Å². The molecule has 2 fully saturated rings. The molecule has 0 aliphatic carbocycles. The van der Waals surface area contributed by atoms with Crippen molar-refractivity contribution in [3.05, 3.63) is 39.9 Å². The fraction of sp³-hybridized carbons (Fsp3) is 0.417. The van der Waals surface area contributed by atoms with Crippen LogP contribution in [0.1, 0.15) is 12.0 Å². The smallest absolute Gasteiger partial charge is 0.269 e. The molecule has 5 nitrogen and oxygen atoms in total. The molecule has 1 aromatic rings. The van der Waals surface area contributed by atoms with Gasteiger partial charge < -0.3 is 4.90 Å². The van der Waals surface area contributed by atoms with E-state index in [4.69, 9.17) is 0 Å². The third kappa shape index (κ3) is 2.21. The average Bonchev–Trinajstić information content (AvgIpc) is 2.61. The second kappa shape index (κ2) is 4.72. The van der Waals surface area contributed by atoms with Crippen LogP contribution in [0.15, 0.2) is 24.3 Å². The molecule has 0 N–H and O–H groups in total. The number of nitro groups is 1. The molecular weight excluding hydrogens is 284 g/mol. The minimum Gasteiger partial charge on any atom is -0.325 e. The second-order valence-corrected chi connectivity index (χ2v) is 6.91. The van der Waals surface area contributed by atoms with Crippen LogP contribution in [0.2, 0.25) is 0 Å². The van der Waals surface area contributed by atoms with Gasteiger partial charge in [0.1, 0.15) is 0 Å². The number of amides is 1. The fourth-order valence-electron chi connectivity index (χ4n) is 2.50. The van der Waals surface area contributed by atoms with E-state index in [0.29, 0.717) is 12.8 Å². The molecule has 0 spiro atoms. The van der Waals surface area contributed by atoms with Crippen molar-refractivity contribution in [2.75, 3.05) is 0 Å². The van der Waals surface area contributed by atoms with E-state index in [9.17, 15) is 14.9 Å². The SMILES string of the molecule is O=C1CC2SC(S)C(Cc3ccc([N+](=O)[O-])cc3)N12. The number of fused-ring (bicyclic) bond motifs is 1. The van der Waals surface area contributed by atoms with Crippen LogP contribution in [0, 0.1) is 10.1 Å². The highest BCUT2D eigenvalue weighted by Gasteiger charge is 2.50. The first-order valence-corrected chi connectivity index (χ1v) is 7.40. The van der Waals surface area contributed by atoms with Crippen molar-refractivity contribution in [1.82, 2.24) is 4.90 Å². The lowest BCUT2D eigenvalue weighted by molar-refractivity contribution is -0.384. The van der Waals surface area contributed by atoms with Gasteiger partial charge in [-0.1, -0.05) is 12.1 Å². The number of hydrogen-bond acceptors (Lipinski definition) is 5. The molecule has 7 heteroatoms. The Balaban J connectivity index is 1.74. The van der Waals surface area contributed by atoms with E-state index in [2.05, 4.69) is 12.6 Å². The summed E-state index contributed by atoms with van der Waals surface area (Å²) in [6.45, 7) is 0. The van der Waals surface area contributed by atoms with Gasteiger partial charge in [-0.05, 0) is 12.0 Å². The number of nitrogens with zero attached hydrogens (tertiary/aromatic N) is 2. The Hall–Kier alpha value is -1.21. The van der Waals surface area contributed by atoms with Crippen molar-refractivity contribution >= 4 is 36.0 Å². The van der Waals surface area contributed by atoms with Crippen LogP contribution in [0.4, 0.5) is 5.69 Å². The first-order valence-electron chi connectivity index (χ1n) is 5.94. The van der Waals surface area contributed by atoms with E-state index in [1.807, 2.05) is 4.90 Å². The Morgan fingerprint density at radius 2 is 2.11 bits per heavy atom. The molecule has 2 heterocycles.